The molecule has 1 aromatic carbocycles. The Hall–Kier alpha value is -2.43. The summed E-state index contributed by atoms with van der Waals surface area (Å²) < 4.78 is 12.4. The summed E-state index contributed by atoms with van der Waals surface area (Å²) in [6.45, 7) is 11.9. The van der Waals surface area contributed by atoms with Crippen LogP contribution in [0.2, 0.25) is 25.7 Å². The lowest BCUT2D eigenvalue weighted by Crippen LogP contribution is -2.22. The zero-order valence-electron chi connectivity index (χ0n) is 16.9. The number of methoxy groups -OCH3 is 1. The van der Waals surface area contributed by atoms with E-state index in [1.165, 1.54) is 7.11 Å². The Kier molecular flexibility index (Phi) is 6.57. The zero-order valence-corrected chi connectivity index (χ0v) is 17.9. The molecule has 1 heterocycles. The molecule has 2 aromatic rings. The second kappa shape index (κ2) is 8.50. The van der Waals surface area contributed by atoms with Gasteiger partial charge < -0.3 is 9.47 Å². The van der Waals surface area contributed by atoms with Crippen molar-refractivity contribution in [3.05, 3.63) is 40.7 Å². The Morgan fingerprint density at radius 2 is 2.00 bits per heavy atom. The molecule has 0 spiro atoms. The minimum Gasteiger partial charge on any atom is -0.465 e. The first-order chi connectivity index (χ1) is 12.7. The lowest BCUT2D eigenvalue weighted by atomic mass is 9.96. The Morgan fingerprint density at radius 3 is 2.59 bits per heavy atom. The van der Waals surface area contributed by atoms with Gasteiger partial charge in [0.25, 0.3) is 0 Å². The standard InChI is InChI=1S/C20H27N3O3Si/c1-14-19(15(2)23(22-14)13-26-9-10-27(4,5)6)18-11-16(20(24)25-3)7-8-17(18)12-21/h7-8,11H,9-10,13H2,1-6H3. The molecular weight excluding hydrogens is 358 g/mol. The van der Waals surface area contributed by atoms with Gasteiger partial charge in [-0.05, 0) is 38.1 Å². The van der Waals surface area contributed by atoms with Crippen molar-refractivity contribution >= 4 is 14.0 Å². The number of carbonyl (C=O) groups excluding carboxylic acids is 1. The molecule has 0 radical (unpaired) electrons. The number of aromatic nitrogens is 2. The van der Waals surface area contributed by atoms with Gasteiger partial charge in [-0.25, -0.2) is 9.48 Å². The summed E-state index contributed by atoms with van der Waals surface area (Å²) in [5.41, 5.74) is 4.13. The van der Waals surface area contributed by atoms with Gasteiger partial charge in [-0.2, -0.15) is 10.4 Å². The molecule has 27 heavy (non-hydrogen) atoms. The number of rotatable bonds is 7. The van der Waals surface area contributed by atoms with E-state index in [1.807, 2.05) is 13.8 Å². The minimum atomic E-state index is -1.14. The molecule has 0 fully saturated rings. The van der Waals surface area contributed by atoms with Crippen molar-refractivity contribution in [1.29, 1.82) is 5.26 Å². The first kappa shape index (κ1) is 20.9. The van der Waals surface area contributed by atoms with Gasteiger partial charge in [-0.1, -0.05) is 19.6 Å². The van der Waals surface area contributed by atoms with E-state index < -0.39 is 14.0 Å². The van der Waals surface area contributed by atoms with E-state index in [0.29, 0.717) is 30.0 Å². The predicted molar refractivity (Wildman–Crippen MR) is 107 cm³/mol. The summed E-state index contributed by atoms with van der Waals surface area (Å²) in [6, 6.07) is 8.22. The Balaban J connectivity index is 2.33. The number of carbonyl (C=O) groups is 1. The number of hydrogen-bond acceptors (Lipinski definition) is 5. The molecule has 0 aliphatic rings. The van der Waals surface area contributed by atoms with Gasteiger partial charge in [0.1, 0.15) is 6.73 Å². The minimum absolute atomic E-state index is 0.371. The molecule has 0 N–H and O–H groups in total. The van der Waals surface area contributed by atoms with Gasteiger partial charge in [0.15, 0.2) is 0 Å². The molecule has 0 aliphatic heterocycles. The van der Waals surface area contributed by atoms with Crippen LogP contribution in [0.3, 0.4) is 0 Å². The number of hydrogen-bond donors (Lipinski definition) is 0. The maximum Gasteiger partial charge on any atom is 0.337 e. The van der Waals surface area contributed by atoms with Gasteiger partial charge >= 0.3 is 5.97 Å². The van der Waals surface area contributed by atoms with Crippen LogP contribution in [-0.2, 0) is 16.2 Å². The molecule has 6 nitrogen and oxygen atoms in total. The summed E-state index contributed by atoms with van der Waals surface area (Å²) in [4.78, 5) is 11.9. The van der Waals surface area contributed by atoms with Crippen LogP contribution in [0.1, 0.15) is 27.3 Å². The molecule has 1 aromatic heterocycles. The van der Waals surface area contributed by atoms with Crippen LogP contribution in [-0.4, -0.2) is 37.5 Å². The van der Waals surface area contributed by atoms with Crippen LogP contribution in [0.15, 0.2) is 18.2 Å². The summed E-state index contributed by atoms with van der Waals surface area (Å²) in [5, 5.41) is 14.1. The third kappa shape index (κ3) is 5.06. The number of nitrogens with zero attached hydrogens (tertiary/aromatic N) is 3. The first-order valence-electron chi connectivity index (χ1n) is 8.92. The Labute approximate surface area is 161 Å². The maximum absolute atomic E-state index is 11.9. The molecule has 0 saturated heterocycles. The first-order valence-corrected chi connectivity index (χ1v) is 12.6. The maximum atomic E-state index is 11.9. The lowest BCUT2D eigenvalue weighted by molar-refractivity contribution is 0.0600. The number of esters is 1. The molecule has 144 valence electrons. The van der Waals surface area contributed by atoms with Crippen LogP contribution < -0.4 is 0 Å². The lowest BCUT2D eigenvalue weighted by Gasteiger charge is -2.15. The topological polar surface area (TPSA) is 77.1 Å². The fraction of sp³-hybridized carbons (Fsp3) is 0.450. The monoisotopic (exact) mass is 385 g/mol. The highest BCUT2D eigenvalue weighted by atomic mass is 28.3. The van der Waals surface area contributed by atoms with Gasteiger partial charge in [0.05, 0.1) is 30.0 Å². The van der Waals surface area contributed by atoms with Crippen LogP contribution in [0.4, 0.5) is 0 Å². The largest absolute Gasteiger partial charge is 0.465 e. The van der Waals surface area contributed by atoms with Crippen molar-refractivity contribution in [3.8, 4) is 17.2 Å². The second-order valence-corrected chi connectivity index (χ2v) is 13.4. The third-order valence-corrected chi connectivity index (χ3v) is 6.13. The van der Waals surface area contributed by atoms with Crippen LogP contribution >= 0.6 is 0 Å². The molecule has 7 heteroatoms. The van der Waals surface area contributed by atoms with Crippen molar-refractivity contribution in [3.63, 3.8) is 0 Å². The predicted octanol–water partition coefficient (Wildman–Crippen LogP) is 4.14. The van der Waals surface area contributed by atoms with E-state index in [2.05, 4.69) is 30.8 Å². The zero-order chi connectivity index (χ0) is 20.2. The molecule has 0 unspecified atom stereocenters. The van der Waals surface area contributed by atoms with Gasteiger partial charge in [-0.15, -0.1) is 0 Å². The molecule has 2 rings (SSSR count). The van der Waals surface area contributed by atoms with E-state index >= 15 is 0 Å². The highest BCUT2D eigenvalue weighted by Gasteiger charge is 2.19. The average Bonchev–Trinajstić information content (AvgIpc) is 2.90. The van der Waals surface area contributed by atoms with E-state index in [4.69, 9.17) is 9.47 Å². The summed E-state index contributed by atoms with van der Waals surface area (Å²) in [5.74, 6) is -0.432. The van der Waals surface area contributed by atoms with Crippen LogP contribution in [0.5, 0.6) is 0 Å². The van der Waals surface area contributed by atoms with Crippen molar-refractivity contribution in [2.24, 2.45) is 0 Å². The fourth-order valence-corrected chi connectivity index (χ4v) is 3.59. The number of nitriles is 1. The summed E-state index contributed by atoms with van der Waals surface area (Å²) >= 11 is 0. The smallest absolute Gasteiger partial charge is 0.337 e. The van der Waals surface area contributed by atoms with Crippen molar-refractivity contribution in [2.45, 2.75) is 46.3 Å². The second-order valence-electron chi connectivity index (χ2n) is 7.76. The summed E-state index contributed by atoms with van der Waals surface area (Å²) in [6.07, 6.45) is 0. The molecule has 0 bridgehead atoms. The van der Waals surface area contributed by atoms with Crippen LogP contribution in [0, 0.1) is 25.2 Å². The van der Waals surface area contributed by atoms with E-state index in [0.717, 1.165) is 23.0 Å². The van der Waals surface area contributed by atoms with Crippen molar-refractivity contribution < 1.29 is 14.3 Å². The van der Waals surface area contributed by atoms with E-state index in [9.17, 15) is 10.1 Å². The highest BCUT2D eigenvalue weighted by Crippen LogP contribution is 2.31. The molecular formula is C20H27N3O3Si. The van der Waals surface area contributed by atoms with E-state index in [1.54, 1.807) is 22.9 Å². The van der Waals surface area contributed by atoms with Crippen LogP contribution in [0.25, 0.3) is 11.1 Å². The number of benzene rings is 1. The molecule has 0 saturated carbocycles. The fourth-order valence-electron chi connectivity index (χ4n) is 2.84. The normalized spacial score (nSPS) is 11.3. The highest BCUT2D eigenvalue weighted by molar-refractivity contribution is 6.76. The van der Waals surface area contributed by atoms with Gasteiger partial charge in [-0.3, -0.25) is 0 Å². The molecule has 0 aliphatic carbocycles. The summed E-state index contributed by atoms with van der Waals surface area (Å²) in [7, 11) is 0.205. The van der Waals surface area contributed by atoms with Crippen molar-refractivity contribution in [1.82, 2.24) is 9.78 Å². The quantitative estimate of drug-likeness (QED) is 0.407. The Bertz CT molecular complexity index is 876. The van der Waals surface area contributed by atoms with Gasteiger partial charge in [0, 0.05) is 31.5 Å². The SMILES string of the molecule is COC(=O)c1ccc(C#N)c(-c2c(C)nn(COCC[Si](C)(C)C)c2C)c1. The Morgan fingerprint density at radius 1 is 1.30 bits per heavy atom. The molecule has 0 atom stereocenters. The molecule has 0 amide bonds. The van der Waals surface area contributed by atoms with Crippen molar-refractivity contribution in [2.75, 3.05) is 13.7 Å². The average molecular weight is 386 g/mol. The van der Waals surface area contributed by atoms with E-state index in [-0.39, 0.29) is 0 Å². The number of ether oxygens (including phenoxy) is 2. The van der Waals surface area contributed by atoms with Gasteiger partial charge in [0.2, 0.25) is 0 Å². The third-order valence-electron chi connectivity index (χ3n) is 4.42. The number of aryl methyl sites for hydroxylation is 1.